The van der Waals surface area contributed by atoms with Gasteiger partial charge in [0.05, 0.1) is 16.9 Å². The van der Waals surface area contributed by atoms with Gasteiger partial charge in [-0.2, -0.15) is 0 Å². The summed E-state index contributed by atoms with van der Waals surface area (Å²) in [5.74, 6) is -3.29. The zero-order valence-corrected chi connectivity index (χ0v) is 14.1. The lowest BCUT2D eigenvalue weighted by Gasteiger charge is -2.19. The standard InChI is InChI=1S/C15H14ClF2N3OS/c1-6-12(16)14(22)21(11-5-19-7(2)23-11)13(20-6)8-3-9-10(4-8)15(9,17)18/h5,8-10H,3-4H2,1-2H3/t8-,9+,10-. The fraction of sp³-hybridized carbons (Fsp3) is 0.533. The van der Waals surface area contributed by atoms with Gasteiger partial charge >= 0.3 is 0 Å². The lowest BCUT2D eigenvalue weighted by Crippen LogP contribution is -2.26. The van der Waals surface area contributed by atoms with Crippen molar-refractivity contribution in [3.8, 4) is 5.00 Å². The lowest BCUT2D eigenvalue weighted by molar-refractivity contribution is 0.0689. The summed E-state index contributed by atoms with van der Waals surface area (Å²) in [6.07, 6.45) is 2.33. The van der Waals surface area contributed by atoms with E-state index in [1.165, 1.54) is 15.9 Å². The molecule has 0 radical (unpaired) electrons. The van der Waals surface area contributed by atoms with Crippen LogP contribution in [0, 0.1) is 25.7 Å². The summed E-state index contributed by atoms with van der Waals surface area (Å²) in [5, 5.41) is 1.51. The van der Waals surface area contributed by atoms with Crippen LogP contribution in [-0.4, -0.2) is 20.5 Å². The first kappa shape index (κ1) is 15.2. The number of alkyl halides is 2. The van der Waals surface area contributed by atoms with Gasteiger partial charge in [0.1, 0.15) is 15.8 Å². The Bertz CT molecular complexity index is 849. The smallest absolute Gasteiger partial charge is 0.267 e. The van der Waals surface area contributed by atoms with E-state index in [0.717, 1.165) is 5.01 Å². The molecule has 2 aromatic heterocycles. The molecular formula is C15H14ClF2N3OS. The molecule has 2 aromatic rings. The van der Waals surface area contributed by atoms with Crippen molar-refractivity contribution in [2.45, 2.75) is 38.5 Å². The molecule has 0 amide bonds. The van der Waals surface area contributed by atoms with Gasteiger partial charge in [-0.25, -0.2) is 18.7 Å². The second-order valence-corrected chi connectivity index (χ2v) is 7.87. The molecule has 122 valence electrons. The van der Waals surface area contributed by atoms with Crippen molar-refractivity contribution in [2.75, 3.05) is 0 Å². The predicted octanol–water partition coefficient (Wildman–Crippen LogP) is 3.72. The van der Waals surface area contributed by atoms with Crippen LogP contribution < -0.4 is 5.56 Å². The molecule has 0 N–H and O–H groups in total. The van der Waals surface area contributed by atoms with Crippen LogP contribution in [0.5, 0.6) is 0 Å². The summed E-state index contributed by atoms with van der Waals surface area (Å²) >= 11 is 7.43. The second-order valence-electron chi connectivity index (χ2n) is 6.28. The van der Waals surface area contributed by atoms with Crippen LogP contribution >= 0.6 is 22.9 Å². The van der Waals surface area contributed by atoms with E-state index >= 15 is 0 Å². The molecule has 0 aliphatic heterocycles. The summed E-state index contributed by atoms with van der Waals surface area (Å²) in [6, 6.07) is 0. The zero-order chi connectivity index (χ0) is 16.5. The number of rotatable bonds is 2. The van der Waals surface area contributed by atoms with Gasteiger partial charge in [-0.05, 0) is 26.7 Å². The SMILES string of the molecule is Cc1ncc(-n2c([C@H]3C[C@@H]4[C@H](C3)C4(F)F)nc(C)c(Cl)c2=O)s1. The number of thiazole rings is 1. The Morgan fingerprint density at radius 2 is 2.00 bits per heavy atom. The van der Waals surface area contributed by atoms with E-state index in [2.05, 4.69) is 9.97 Å². The first-order chi connectivity index (χ1) is 10.8. The Morgan fingerprint density at radius 3 is 2.57 bits per heavy atom. The summed E-state index contributed by atoms with van der Waals surface area (Å²) in [4.78, 5) is 21.3. The minimum atomic E-state index is -2.54. The molecule has 23 heavy (non-hydrogen) atoms. The topological polar surface area (TPSA) is 47.8 Å². The van der Waals surface area contributed by atoms with E-state index in [4.69, 9.17) is 11.6 Å². The van der Waals surface area contributed by atoms with Gasteiger partial charge in [0.2, 0.25) is 0 Å². The number of hydrogen-bond acceptors (Lipinski definition) is 4. The third-order valence-electron chi connectivity index (χ3n) is 4.86. The molecule has 0 unspecified atom stereocenters. The Kier molecular flexibility index (Phi) is 3.19. The Labute approximate surface area is 140 Å². The number of fused-ring (bicyclic) bond motifs is 1. The third kappa shape index (κ3) is 2.16. The van der Waals surface area contributed by atoms with Crippen molar-refractivity contribution in [1.82, 2.24) is 14.5 Å². The molecule has 0 spiro atoms. The van der Waals surface area contributed by atoms with Gasteiger partial charge in [0.25, 0.3) is 11.5 Å². The van der Waals surface area contributed by atoms with Gasteiger partial charge < -0.3 is 0 Å². The number of halogens is 3. The number of aryl methyl sites for hydroxylation is 2. The maximum absolute atomic E-state index is 13.5. The van der Waals surface area contributed by atoms with E-state index in [1.54, 1.807) is 13.1 Å². The van der Waals surface area contributed by atoms with E-state index in [9.17, 15) is 13.6 Å². The van der Waals surface area contributed by atoms with Gasteiger partial charge in [0, 0.05) is 17.8 Å². The molecule has 4 rings (SSSR count). The highest BCUT2D eigenvalue weighted by Crippen LogP contribution is 2.67. The van der Waals surface area contributed by atoms with E-state index in [1.807, 2.05) is 6.92 Å². The van der Waals surface area contributed by atoms with Gasteiger partial charge in [0.15, 0.2) is 0 Å². The predicted molar refractivity (Wildman–Crippen MR) is 83.9 cm³/mol. The fourth-order valence-corrected chi connectivity index (χ4v) is 4.50. The first-order valence-electron chi connectivity index (χ1n) is 7.40. The third-order valence-corrected chi connectivity index (χ3v) is 6.19. The normalized spacial score (nSPS) is 28.0. The van der Waals surface area contributed by atoms with Crippen LogP contribution in [0.25, 0.3) is 5.00 Å². The Balaban J connectivity index is 1.82. The van der Waals surface area contributed by atoms with Crippen LogP contribution in [0.2, 0.25) is 5.02 Å². The summed E-state index contributed by atoms with van der Waals surface area (Å²) in [5.41, 5.74) is 0.0848. The monoisotopic (exact) mass is 357 g/mol. The largest absolute Gasteiger partial charge is 0.277 e. The molecule has 2 fully saturated rings. The summed E-state index contributed by atoms with van der Waals surface area (Å²) in [6.45, 7) is 3.51. The van der Waals surface area contributed by atoms with Crippen molar-refractivity contribution in [3.63, 3.8) is 0 Å². The summed E-state index contributed by atoms with van der Waals surface area (Å²) in [7, 11) is 0. The van der Waals surface area contributed by atoms with Crippen LogP contribution in [-0.2, 0) is 0 Å². The van der Waals surface area contributed by atoms with Crippen LogP contribution in [0.4, 0.5) is 8.78 Å². The minimum Gasteiger partial charge on any atom is -0.267 e. The van der Waals surface area contributed by atoms with Crippen LogP contribution in [0.15, 0.2) is 11.0 Å². The molecule has 2 heterocycles. The maximum Gasteiger partial charge on any atom is 0.277 e. The molecule has 3 atom stereocenters. The molecule has 2 aliphatic rings. The zero-order valence-electron chi connectivity index (χ0n) is 12.5. The molecule has 0 aromatic carbocycles. The molecule has 8 heteroatoms. The Morgan fingerprint density at radius 1 is 1.35 bits per heavy atom. The molecule has 2 saturated carbocycles. The fourth-order valence-electron chi connectivity index (χ4n) is 3.59. The van der Waals surface area contributed by atoms with E-state index in [0.29, 0.717) is 29.4 Å². The van der Waals surface area contributed by atoms with Crippen LogP contribution in [0.1, 0.15) is 35.3 Å². The Hall–Kier alpha value is -1.34. The lowest BCUT2D eigenvalue weighted by atomic mass is 10.0. The molecule has 2 aliphatic carbocycles. The van der Waals surface area contributed by atoms with Crippen LogP contribution in [0.3, 0.4) is 0 Å². The average Bonchev–Trinajstić information content (AvgIpc) is 2.94. The molecule has 4 nitrogen and oxygen atoms in total. The maximum atomic E-state index is 13.5. The van der Waals surface area contributed by atoms with Crippen molar-refractivity contribution in [3.05, 3.63) is 38.1 Å². The average molecular weight is 358 g/mol. The highest BCUT2D eigenvalue weighted by atomic mass is 35.5. The molecule has 0 bridgehead atoms. The molecular weight excluding hydrogens is 344 g/mol. The van der Waals surface area contributed by atoms with E-state index in [-0.39, 0.29) is 16.5 Å². The van der Waals surface area contributed by atoms with Crippen molar-refractivity contribution < 1.29 is 8.78 Å². The first-order valence-corrected chi connectivity index (χ1v) is 8.59. The van der Waals surface area contributed by atoms with Gasteiger partial charge in [-0.1, -0.05) is 11.6 Å². The highest BCUT2D eigenvalue weighted by Gasteiger charge is 2.71. The van der Waals surface area contributed by atoms with E-state index < -0.39 is 17.8 Å². The minimum absolute atomic E-state index is 0.0632. The number of hydrogen-bond donors (Lipinski definition) is 0. The van der Waals surface area contributed by atoms with Crippen molar-refractivity contribution in [1.29, 1.82) is 0 Å². The number of aromatic nitrogens is 3. The van der Waals surface area contributed by atoms with Crippen molar-refractivity contribution in [2.24, 2.45) is 11.8 Å². The quantitative estimate of drug-likeness (QED) is 0.823. The highest BCUT2D eigenvalue weighted by molar-refractivity contribution is 7.14. The van der Waals surface area contributed by atoms with Gasteiger partial charge in [-0.3, -0.25) is 9.36 Å². The number of nitrogens with zero attached hydrogens (tertiary/aromatic N) is 3. The second kappa shape index (κ2) is 4.83. The van der Waals surface area contributed by atoms with Gasteiger partial charge in [-0.15, -0.1) is 11.3 Å². The summed E-state index contributed by atoms with van der Waals surface area (Å²) < 4.78 is 28.4. The molecule has 0 saturated heterocycles. The van der Waals surface area contributed by atoms with Crippen molar-refractivity contribution >= 4 is 22.9 Å².